The van der Waals surface area contributed by atoms with E-state index in [1.54, 1.807) is 13.8 Å². The molecular formula is C10H14O4. The predicted octanol–water partition coefficient (Wildman–Crippen LogP) is 1.73. The van der Waals surface area contributed by atoms with Crippen LogP contribution in [0.5, 0.6) is 23.0 Å². The Hall–Kier alpha value is -1.58. The van der Waals surface area contributed by atoms with E-state index in [0.29, 0.717) is 11.1 Å². The van der Waals surface area contributed by atoms with Gasteiger partial charge in [-0.3, -0.25) is 0 Å². The largest absolute Gasteiger partial charge is 0.504 e. The maximum Gasteiger partial charge on any atom is 0.167 e. The highest BCUT2D eigenvalue weighted by Crippen LogP contribution is 2.46. The minimum Gasteiger partial charge on any atom is -0.504 e. The lowest BCUT2D eigenvalue weighted by atomic mass is 10.1. The summed E-state index contributed by atoms with van der Waals surface area (Å²) in [6.45, 7) is 3.30. The molecule has 0 spiro atoms. The zero-order valence-corrected chi connectivity index (χ0v) is 8.71. The number of hydrogen-bond acceptors (Lipinski definition) is 4. The second kappa shape index (κ2) is 3.65. The summed E-state index contributed by atoms with van der Waals surface area (Å²) in [6, 6.07) is 0. The first-order chi connectivity index (χ1) is 6.54. The molecule has 4 nitrogen and oxygen atoms in total. The Bertz CT molecular complexity index is 294. The molecule has 0 saturated heterocycles. The summed E-state index contributed by atoms with van der Waals surface area (Å²) in [7, 11) is 2.88. The van der Waals surface area contributed by atoms with Gasteiger partial charge >= 0.3 is 0 Å². The first-order valence-electron chi connectivity index (χ1n) is 4.17. The van der Waals surface area contributed by atoms with Crippen molar-refractivity contribution in [1.29, 1.82) is 0 Å². The van der Waals surface area contributed by atoms with Gasteiger partial charge in [0.25, 0.3) is 0 Å². The summed E-state index contributed by atoms with van der Waals surface area (Å²) < 4.78 is 9.94. The fourth-order valence-corrected chi connectivity index (χ4v) is 1.41. The minimum atomic E-state index is -0.000324. The number of phenolic OH excluding ortho intramolecular Hbond substituents is 2. The van der Waals surface area contributed by atoms with Gasteiger partial charge in [0, 0.05) is 11.1 Å². The van der Waals surface area contributed by atoms with E-state index in [-0.39, 0.29) is 23.0 Å². The first kappa shape index (κ1) is 10.5. The Balaban J connectivity index is 3.55. The van der Waals surface area contributed by atoms with Crippen LogP contribution in [0.3, 0.4) is 0 Å². The number of rotatable bonds is 2. The lowest BCUT2D eigenvalue weighted by Crippen LogP contribution is -1.95. The van der Waals surface area contributed by atoms with Gasteiger partial charge in [0.15, 0.2) is 23.0 Å². The summed E-state index contributed by atoms with van der Waals surface area (Å²) >= 11 is 0. The van der Waals surface area contributed by atoms with Crippen LogP contribution >= 0.6 is 0 Å². The highest BCUT2D eigenvalue weighted by atomic mass is 16.5. The summed E-state index contributed by atoms with van der Waals surface area (Å²) in [6.07, 6.45) is 0. The molecule has 2 N–H and O–H groups in total. The van der Waals surface area contributed by atoms with Crippen LogP contribution in [0.4, 0.5) is 0 Å². The number of phenols is 2. The normalized spacial score (nSPS) is 10.0. The molecular weight excluding hydrogens is 184 g/mol. The summed E-state index contributed by atoms with van der Waals surface area (Å²) in [5.41, 5.74) is 0.930. The third kappa shape index (κ3) is 1.32. The molecule has 78 valence electrons. The average Bonchev–Trinajstić information content (AvgIpc) is 2.17. The van der Waals surface area contributed by atoms with Crippen molar-refractivity contribution in [3.63, 3.8) is 0 Å². The molecule has 0 heterocycles. The van der Waals surface area contributed by atoms with Crippen LogP contribution in [-0.2, 0) is 0 Å². The van der Waals surface area contributed by atoms with Gasteiger partial charge in [-0.2, -0.15) is 0 Å². The molecule has 0 radical (unpaired) electrons. The van der Waals surface area contributed by atoms with E-state index in [1.807, 2.05) is 0 Å². The molecule has 1 rings (SSSR count). The number of hydrogen-bond donors (Lipinski definition) is 2. The standard InChI is InChI=1S/C10H14O4/c1-5-7(11)10(14-4)6(2)8(12)9(5)13-3/h11-12H,1-4H3. The van der Waals surface area contributed by atoms with Crippen LogP contribution in [0.1, 0.15) is 11.1 Å². The maximum atomic E-state index is 9.70. The summed E-state index contributed by atoms with van der Waals surface area (Å²) in [5.74, 6) is 0.556. The average molecular weight is 198 g/mol. The smallest absolute Gasteiger partial charge is 0.167 e. The van der Waals surface area contributed by atoms with Crippen molar-refractivity contribution in [2.75, 3.05) is 14.2 Å². The van der Waals surface area contributed by atoms with E-state index >= 15 is 0 Å². The molecule has 0 saturated carbocycles. The predicted molar refractivity (Wildman–Crippen MR) is 52.3 cm³/mol. The van der Waals surface area contributed by atoms with E-state index < -0.39 is 0 Å². The summed E-state index contributed by atoms with van der Waals surface area (Å²) in [4.78, 5) is 0. The van der Waals surface area contributed by atoms with Crippen LogP contribution in [0, 0.1) is 13.8 Å². The molecule has 1 aromatic carbocycles. The molecule has 14 heavy (non-hydrogen) atoms. The fraction of sp³-hybridized carbons (Fsp3) is 0.400. The van der Waals surface area contributed by atoms with E-state index in [2.05, 4.69) is 0 Å². The zero-order valence-electron chi connectivity index (χ0n) is 8.71. The van der Waals surface area contributed by atoms with E-state index in [4.69, 9.17) is 9.47 Å². The van der Waals surface area contributed by atoms with Gasteiger partial charge < -0.3 is 19.7 Å². The monoisotopic (exact) mass is 198 g/mol. The Morgan fingerprint density at radius 3 is 1.29 bits per heavy atom. The number of ether oxygens (including phenoxy) is 2. The third-order valence-electron chi connectivity index (χ3n) is 2.23. The van der Waals surface area contributed by atoms with Crippen molar-refractivity contribution < 1.29 is 19.7 Å². The van der Waals surface area contributed by atoms with E-state index in [1.165, 1.54) is 14.2 Å². The number of methoxy groups -OCH3 is 2. The topological polar surface area (TPSA) is 58.9 Å². The van der Waals surface area contributed by atoms with Crippen LogP contribution in [0.15, 0.2) is 0 Å². The highest BCUT2D eigenvalue weighted by Gasteiger charge is 2.19. The van der Waals surface area contributed by atoms with Gasteiger partial charge in [-0.05, 0) is 13.8 Å². The quantitative estimate of drug-likeness (QED) is 0.710. The molecule has 0 amide bonds. The molecule has 0 fully saturated rings. The van der Waals surface area contributed by atoms with Crippen LogP contribution < -0.4 is 9.47 Å². The Morgan fingerprint density at radius 1 is 0.786 bits per heavy atom. The van der Waals surface area contributed by atoms with Gasteiger partial charge in [0.1, 0.15) is 0 Å². The zero-order chi connectivity index (χ0) is 10.9. The van der Waals surface area contributed by atoms with Crippen molar-refractivity contribution in [3.8, 4) is 23.0 Å². The fourth-order valence-electron chi connectivity index (χ4n) is 1.41. The van der Waals surface area contributed by atoms with E-state index in [9.17, 15) is 10.2 Å². The molecule has 0 atom stereocenters. The molecule has 0 aliphatic carbocycles. The lowest BCUT2D eigenvalue weighted by Gasteiger charge is -2.15. The second-order valence-corrected chi connectivity index (χ2v) is 3.01. The SMILES string of the molecule is COc1c(C)c(O)c(OC)c(C)c1O. The summed E-state index contributed by atoms with van der Waals surface area (Å²) in [5, 5.41) is 19.4. The lowest BCUT2D eigenvalue weighted by molar-refractivity contribution is 0.339. The molecule has 0 aliphatic heterocycles. The van der Waals surface area contributed by atoms with Gasteiger partial charge in [0.2, 0.25) is 0 Å². The third-order valence-corrected chi connectivity index (χ3v) is 2.23. The van der Waals surface area contributed by atoms with Gasteiger partial charge in [-0.1, -0.05) is 0 Å². The van der Waals surface area contributed by atoms with Crippen LogP contribution in [0.25, 0.3) is 0 Å². The Morgan fingerprint density at radius 2 is 1.07 bits per heavy atom. The van der Waals surface area contributed by atoms with Crippen molar-refractivity contribution in [3.05, 3.63) is 11.1 Å². The van der Waals surface area contributed by atoms with Gasteiger partial charge in [0.05, 0.1) is 14.2 Å². The van der Waals surface area contributed by atoms with Crippen molar-refractivity contribution in [2.24, 2.45) is 0 Å². The molecule has 0 bridgehead atoms. The maximum absolute atomic E-state index is 9.70. The first-order valence-corrected chi connectivity index (χ1v) is 4.17. The van der Waals surface area contributed by atoms with Crippen LogP contribution in [-0.4, -0.2) is 24.4 Å². The highest BCUT2D eigenvalue weighted by molar-refractivity contribution is 5.64. The van der Waals surface area contributed by atoms with Gasteiger partial charge in [-0.25, -0.2) is 0 Å². The minimum absolute atomic E-state index is 0.000324. The van der Waals surface area contributed by atoms with E-state index in [0.717, 1.165) is 0 Å². The second-order valence-electron chi connectivity index (χ2n) is 3.01. The number of benzene rings is 1. The number of aromatic hydroxyl groups is 2. The van der Waals surface area contributed by atoms with Gasteiger partial charge in [-0.15, -0.1) is 0 Å². The Labute approximate surface area is 82.7 Å². The Kier molecular flexibility index (Phi) is 2.74. The molecule has 0 aliphatic rings. The molecule has 1 aromatic rings. The van der Waals surface area contributed by atoms with Crippen molar-refractivity contribution in [1.82, 2.24) is 0 Å². The molecule has 0 aromatic heterocycles. The molecule has 4 heteroatoms. The van der Waals surface area contributed by atoms with Crippen LogP contribution in [0.2, 0.25) is 0 Å². The molecule has 0 unspecified atom stereocenters. The van der Waals surface area contributed by atoms with Crippen molar-refractivity contribution >= 4 is 0 Å². The van der Waals surface area contributed by atoms with Crippen molar-refractivity contribution in [2.45, 2.75) is 13.8 Å².